The van der Waals surface area contributed by atoms with Crippen LogP contribution in [0.15, 0.2) is 52.4 Å². The second kappa shape index (κ2) is 5.39. The van der Waals surface area contributed by atoms with Crippen LogP contribution in [0.1, 0.15) is 12.5 Å². The first-order chi connectivity index (χ1) is 9.13. The Bertz CT molecular complexity index is 586. The molecule has 0 atom stereocenters. The van der Waals surface area contributed by atoms with Crippen molar-refractivity contribution >= 4 is 17.9 Å². The topological polar surface area (TPSA) is 84.9 Å². The van der Waals surface area contributed by atoms with E-state index in [1.807, 2.05) is 30.3 Å². The molecule has 1 heterocycles. The first kappa shape index (κ1) is 12.9. The Morgan fingerprint density at radius 1 is 1.42 bits per heavy atom. The number of aliphatic hydroxyl groups is 1. The van der Waals surface area contributed by atoms with Crippen molar-refractivity contribution in [2.75, 3.05) is 6.61 Å². The van der Waals surface area contributed by atoms with Gasteiger partial charge in [0.2, 0.25) is 0 Å². The van der Waals surface area contributed by atoms with Crippen LogP contribution in [-0.2, 0) is 9.53 Å². The van der Waals surface area contributed by atoms with Gasteiger partial charge in [0.05, 0.1) is 6.61 Å². The third kappa shape index (κ3) is 2.65. The number of hydrogen-bond acceptors (Lipinski definition) is 5. The number of carbonyl (C=O) groups is 1. The Hall–Kier alpha value is -2.56. The van der Waals surface area contributed by atoms with E-state index in [-0.39, 0.29) is 29.5 Å². The summed E-state index contributed by atoms with van der Waals surface area (Å²) < 4.78 is 4.82. The summed E-state index contributed by atoms with van der Waals surface area (Å²) in [5.41, 5.74) is 6.66. The molecular weight excluding hydrogens is 244 g/mol. The highest BCUT2D eigenvalue weighted by Crippen LogP contribution is 2.24. The molecule has 0 bridgehead atoms. The number of hydrogen-bond donors (Lipinski definition) is 2. The van der Waals surface area contributed by atoms with Gasteiger partial charge in [-0.1, -0.05) is 30.3 Å². The van der Waals surface area contributed by atoms with Crippen LogP contribution >= 0.6 is 0 Å². The molecule has 0 aliphatic carbocycles. The molecule has 1 aliphatic rings. The maximum absolute atomic E-state index is 11.6. The number of amidine groups is 1. The monoisotopic (exact) mass is 258 g/mol. The van der Waals surface area contributed by atoms with Crippen molar-refractivity contribution in [2.45, 2.75) is 6.92 Å². The van der Waals surface area contributed by atoms with Gasteiger partial charge in [0, 0.05) is 0 Å². The van der Waals surface area contributed by atoms with E-state index in [0.29, 0.717) is 0 Å². The number of ether oxygens (including phenoxy) is 1. The number of carbonyl (C=O) groups excluding carboxylic acids is 1. The zero-order chi connectivity index (χ0) is 13.8. The summed E-state index contributed by atoms with van der Waals surface area (Å²) in [7, 11) is 0. The van der Waals surface area contributed by atoms with Crippen LogP contribution in [0.2, 0.25) is 0 Å². The first-order valence-corrected chi connectivity index (χ1v) is 5.85. The molecule has 0 unspecified atom stereocenters. The summed E-state index contributed by atoms with van der Waals surface area (Å²) in [6.45, 7) is 1.89. The van der Waals surface area contributed by atoms with E-state index in [2.05, 4.69) is 4.99 Å². The Labute approximate surface area is 110 Å². The van der Waals surface area contributed by atoms with Crippen molar-refractivity contribution in [3.63, 3.8) is 0 Å². The molecule has 0 fully saturated rings. The van der Waals surface area contributed by atoms with Crippen molar-refractivity contribution in [3.8, 4) is 0 Å². The summed E-state index contributed by atoms with van der Waals surface area (Å²) in [5.74, 6) is -0.948. The lowest BCUT2D eigenvalue weighted by atomic mass is 10.1. The second-order valence-corrected chi connectivity index (χ2v) is 3.88. The van der Waals surface area contributed by atoms with Crippen molar-refractivity contribution in [1.82, 2.24) is 0 Å². The molecule has 2 rings (SSSR count). The fourth-order valence-corrected chi connectivity index (χ4v) is 1.70. The summed E-state index contributed by atoms with van der Waals surface area (Å²) in [4.78, 5) is 15.6. The fourth-order valence-electron chi connectivity index (χ4n) is 1.70. The van der Waals surface area contributed by atoms with Gasteiger partial charge in [-0.15, -0.1) is 0 Å². The largest absolute Gasteiger partial charge is 0.505 e. The second-order valence-electron chi connectivity index (χ2n) is 3.88. The van der Waals surface area contributed by atoms with Crippen molar-refractivity contribution < 1.29 is 14.6 Å². The molecule has 0 aromatic heterocycles. The zero-order valence-corrected chi connectivity index (χ0v) is 10.5. The van der Waals surface area contributed by atoms with E-state index in [9.17, 15) is 9.90 Å². The van der Waals surface area contributed by atoms with Crippen LogP contribution in [0.5, 0.6) is 0 Å². The highest BCUT2D eigenvalue weighted by atomic mass is 16.5. The van der Waals surface area contributed by atoms with Crippen LogP contribution in [0.25, 0.3) is 6.08 Å². The van der Waals surface area contributed by atoms with Crippen LogP contribution < -0.4 is 5.73 Å². The predicted molar refractivity (Wildman–Crippen MR) is 72.3 cm³/mol. The van der Waals surface area contributed by atoms with Crippen LogP contribution in [0, 0.1) is 0 Å². The van der Waals surface area contributed by atoms with Gasteiger partial charge in [-0.2, -0.15) is 0 Å². The fraction of sp³-hybridized carbons (Fsp3) is 0.143. The lowest BCUT2D eigenvalue weighted by Gasteiger charge is -2.02. The normalized spacial score (nSPS) is 16.7. The number of aliphatic hydroxyl groups excluding tert-OH is 1. The quantitative estimate of drug-likeness (QED) is 0.809. The van der Waals surface area contributed by atoms with Gasteiger partial charge in [0.1, 0.15) is 17.1 Å². The van der Waals surface area contributed by atoms with Crippen LogP contribution in [0.3, 0.4) is 0 Å². The Morgan fingerprint density at radius 2 is 2.11 bits per heavy atom. The molecule has 0 saturated heterocycles. The van der Waals surface area contributed by atoms with Crippen molar-refractivity contribution in [2.24, 2.45) is 10.7 Å². The number of nitrogens with zero attached hydrogens (tertiary/aromatic N) is 1. The summed E-state index contributed by atoms with van der Waals surface area (Å²) in [6.07, 6.45) is 1.65. The molecule has 1 aliphatic heterocycles. The van der Waals surface area contributed by atoms with E-state index in [4.69, 9.17) is 10.5 Å². The molecule has 0 amide bonds. The third-order valence-electron chi connectivity index (χ3n) is 2.56. The molecule has 0 radical (unpaired) electrons. The molecular formula is C14H14N2O3. The first-order valence-electron chi connectivity index (χ1n) is 5.85. The number of aliphatic imine (C=N–C) groups is 1. The molecule has 5 nitrogen and oxygen atoms in total. The zero-order valence-electron chi connectivity index (χ0n) is 10.5. The number of rotatable bonds is 3. The average Bonchev–Trinajstić information content (AvgIpc) is 2.66. The minimum absolute atomic E-state index is 0.0295. The molecule has 19 heavy (non-hydrogen) atoms. The minimum atomic E-state index is -0.669. The maximum atomic E-state index is 11.6. The highest BCUT2D eigenvalue weighted by molar-refractivity contribution is 6.21. The van der Waals surface area contributed by atoms with Crippen LogP contribution in [-0.4, -0.2) is 23.5 Å². The van der Waals surface area contributed by atoms with E-state index in [0.717, 1.165) is 5.56 Å². The Morgan fingerprint density at radius 3 is 2.74 bits per heavy atom. The molecule has 98 valence electrons. The average molecular weight is 258 g/mol. The molecule has 1 aromatic rings. The van der Waals surface area contributed by atoms with Gasteiger partial charge in [-0.05, 0) is 18.6 Å². The number of nitrogens with two attached hydrogens (primary N) is 1. The summed E-state index contributed by atoms with van der Waals surface area (Å²) >= 11 is 0. The van der Waals surface area contributed by atoms with Crippen LogP contribution in [0.4, 0.5) is 0 Å². The lowest BCUT2D eigenvalue weighted by Crippen LogP contribution is -2.21. The molecule has 5 heteroatoms. The third-order valence-corrected chi connectivity index (χ3v) is 2.56. The van der Waals surface area contributed by atoms with Gasteiger partial charge in [0.15, 0.2) is 5.76 Å². The Kier molecular flexibility index (Phi) is 3.66. The van der Waals surface area contributed by atoms with Crippen molar-refractivity contribution in [3.05, 3.63) is 52.9 Å². The van der Waals surface area contributed by atoms with E-state index in [1.54, 1.807) is 13.0 Å². The van der Waals surface area contributed by atoms with Gasteiger partial charge in [-0.25, -0.2) is 9.79 Å². The Balaban J connectivity index is 2.36. The minimum Gasteiger partial charge on any atom is -0.505 e. The molecule has 0 saturated carbocycles. The SMILES string of the molecule is CCOC(=O)C1=C(O)/C(=C\c2ccccc2)N=C1N. The van der Waals surface area contributed by atoms with Gasteiger partial charge in [-0.3, -0.25) is 0 Å². The molecule has 1 aromatic carbocycles. The number of esters is 1. The molecule has 0 spiro atoms. The van der Waals surface area contributed by atoms with E-state index >= 15 is 0 Å². The van der Waals surface area contributed by atoms with Crippen molar-refractivity contribution in [1.29, 1.82) is 0 Å². The molecule has 3 N–H and O–H groups in total. The van der Waals surface area contributed by atoms with E-state index in [1.165, 1.54) is 0 Å². The van der Waals surface area contributed by atoms with Gasteiger partial charge in [0.25, 0.3) is 0 Å². The smallest absolute Gasteiger partial charge is 0.345 e. The predicted octanol–water partition coefficient (Wildman–Crippen LogP) is 1.77. The highest BCUT2D eigenvalue weighted by Gasteiger charge is 2.28. The maximum Gasteiger partial charge on any atom is 0.345 e. The van der Waals surface area contributed by atoms with E-state index < -0.39 is 5.97 Å². The lowest BCUT2D eigenvalue weighted by molar-refractivity contribution is -0.138. The summed E-state index contributed by atoms with van der Waals surface area (Å²) in [6, 6.07) is 9.32. The van der Waals surface area contributed by atoms with Gasteiger partial charge >= 0.3 is 5.97 Å². The number of benzene rings is 1. The summed E-state index contributed by atoms with van der Waals surface area (Å²) in [5, 5.41) is 9.99. The standard InChI is InChI=1S/C14H14N2O3/c1-2-19-14(18)11-12(17)10(16-13(11)15)8-9-6-4-3-5-7-9/h3-8,17H,2H2,1H3,(H2,15,16)/b10-8+. The van der Waals surface area contributed by atoms with Gasteiger partial charge < -0.3 is 15.6 Å².